The molecule has 1 fully saturated rings. The van der Waals surface area contributed by atoms with E-state index in [2.05, 4.69) is 73.1 Å². The third-order valence-electron chi connectivity index (χ3n) is 7.28. The fourth-order valence-corrected chi connectivity index (χ4v) is 5.80. The zero-order chi connectivity index (χ0) is 26.2. The number of carbonyl (C=O) groups is 1. The van der Waals surface area contributed by atoms with E-state index in [9.17, 15) is 4.79 Å². The molecule has 3 aromatic rings. The average Bonchev–Trinajstić information content (AvgIpc) is 3.41. The van der Waals surface area contributed by atoms with Crippen LogP contribution in [0.4, 0.5) is 5.69 Å². The molecule has 1 N–H and O–H groups in total. The van der Waals surface area contributed by atoms with Crippen LogP contribution in [0.5, 0.6) is 5.75 Å². The lowest BCUT2D eigenvalue weighted by atomic mass is 9.99. The van der Waals surface area contributed by atoms with E-state index in [1.54, 1.807) is 11.3 Å². The van der Waals surface area contributed by atoms with Gasteiger partial charge in [-0.15, -0.1) is 0 Å². The summed E-state index contributed by atoms with van der Waals surface area (Å²) in [5, 5.41) is 7.48. The number of aryl methyl sites for hydroxylation is 2. The lowest BCUT2D eigenvalue weighted by Crippen LogP contribution is -2.48. The van der Waals surface area contributed by atoms with Crippen LogP contribution in [0.2, 0.25) is 0 Å². The van der Waals surface area contributed by atoms with Crippen LogP contribution in [0.1, 0.15) is 60.4 Å². The first-order valence-electron chi connectivity index (χ1n) is 13.3. The van der Waals surface area contributed by atoms with Gasteiger partial charge in [-0.3, -0.25) is 4.79 Å². The van der Waals surface area contributed by atoms with Gasteiger partial charge < -0.3 is 19.9 Å². The van der Waals surface area contributed by atoms with E-state index < -0.39 is 0 Å². The van der Waals surface area contributed by atoms with Gasteiger partial charge in [-0.05, 0) is 93.6 Å². The maximum Gasteiger partial charge on any atom is 0.254 e. The van der Waals surface area contributed by atoms with E-state index in [1.165, 1.54) is 17.6 Å². The van der Waals surface area contributed by atoms with Crippen molar-refractivity contribution in [2.45, 2.75) is 65.6 Å². The van der Waals surface area contributed by atoms with Gasteiger partial charge in [0.25, 0.3) is 5.91 Å². The van der Waals surface area contributed by atoms with Crippen LogP contribution in [0.3, 0.4) is 0 Å². The number of piperidine rings is 1. The van der Waals surface area contributed by atoms with Gasteiger partial charge in [0, 0.05) is 44.0 Å². The molecule has 0 aliphatic carbocycles. The summed E-state index contributed by atoms with van der Waals surface area (Å²) >= 11 is 1.75. The molecule has 1 aliphatic heterocycles. The highest BCUT2D eigenvalue weighted by molar-refractivity contribution is 7.07. The Labute approximate surface area is 224 Å². The number of hydrogen-bond acceptors (Lipinski definition) is 7. The highest BCUT2D eigenvalue weighted by Gasteiger charge is 2.27. The molecule has 1 aromatic carbocycles. The molecule has 1 saturated heterocycles. The van der Waals surface area contributed by atoms with Gasteiger partial charge in [-0.1, -0.05) is 0 Å². The van der Waals surface area contributed by atoms with Crippen molar-refractivity contribution in [2.24, 2.45) is 0 Å². The first-order valence-corrected chi connectivity index (χ1v) is 14.2. The molecule has 1 amide bonds. The third-order valence-corrected chi connectivity index (χ3v) is 8.01. The number of anilines is 1. The Morgan fingerprint density at radius 2 is 1.86 bits per heavy atom. The second-order valence-corrected chi connectivity index (χ2v) is 10.5. The minimum atomic E-state index is -0.0825. The van der Waals surface area contributed by atoms with Gasteiger partial charge in [0.1, 0.15) is 12.1 Å². The second-order valence-electron chi connectivity index (χ2n) is 9.77. The summed E-state index contributed by atoms with van der Waals surface area (Å²) < 4.78 is 5.66. The van der Waals surface area contributed by atoms with Gasteiger partial charge in [0.2, 0.25) is 0 Å². The molecule has 0 radical (unpaired) electrons. The predicted molar refractivity (Wildman–Crippen MR) is 151 cm³/mol. The molecule has 4 rings (SSSR count). The van der Waals surface area contributed by atoms with Crippen molar-refractivity contribution in [3.8, 4) is 5.75 Å². The summed E-state index contributed by atoms with van der Waals surface area (Å²) in [7, 11) is 0. The van der Waals surface area contributed by atoms with Crippen molar-refractivity contribution in [1.29, 1.82) is 0 Å². The number of ether oxygens (including phenoxy) is 1. The fourth-order valence-electron chi connectivity index (χ4n) is 5.14. The minimum absolute atomic E-state index is 0.0825. The Kier molecular flexibility index (Phi) is 9.52. The number of aromatic nitrogens is 2. The molecule has 0 saturated carbocycles. The summed E-state index contributed by atoms with van der Waals surface area (Å²) in [6, 6.07) is 11.7. The van der Waals surface area contributed by atoms with Gasteiger partial charge in [-0.2, -0.15) is 11.3 Å². The van der Waals surface area contributed by atoms with Gasteiger partial charge in [0.15, 0.2) is 0 Å². The third kappa shape index (κ3) is 7.08. The van der Waals surface area contributed by atoms with E-state index in [1.807, 2.05) is 20.8 Å². The first-order chi connectivity index (χ1) is 18.0. The minimum Gasteiger partial charge on any atom is -0.494 e. The summed E-state index contributed by atoms with van der Waals surface area (Å²) in [6.07, 6.45) is 4.66. The molecular formula is C29H39N5O2S. The number of carbonyl (C=O) groups excluding carboxylic acids is 1. The Morgan fingerprint density at radius 3 is 2.49 bits per heavy atom. The molecular weight excluding hydrogens is 482 g/mol. The highest BCUT2D eigenvalue weighted by Crippen LogP contribution is 2.29. The maximum absolute atomic E-state index is 12.7. The van der Waals surface area contributed by atoms with Gasteiger partial charge in [-0.25, -0.2) is 9.97 Å². The lowest BCUT2D eigenvalue weighted by molar-refractivity contribution is 0.0943. The molecule has 3 heterocycles. The molecule has 1 aliphatic rings. The van der Waals surface area contributed by atoms with E-state index in [-0.39, 0.29) is 5.91 Å². The molecule has 7 nitrogen and oxygen atoms in total. The zero-order valence-electron chi connectivity index (χ0n) is 22.4. The van der Waals surface area contributed by atoms with Crippen molar-refractivity contribution in [3.05, 3.63) is 69.9 Å². The molecule has 0 unspecified atom stereocenters. The summed E-state index contributed by atoms with van der Waals surface area (Å²) in [5.74, 6) is 0.837. The number of hydrogen-bond donors (Lipinski definition) is 1. The van der Waals surface area contributed by atoms with E-state index >= 15 is 0 Å². The Morgan fingerprint density at radius 1 is 1.16 bits per heavy atom. The summed E-state index contributed by atoms with van der Waals surface area (Å²) in [5.41, 5.74) is 4.65. The quantitative estimate of drug-likeness (QED) is 0.372. The van der Waals surface area contributed by atoms with Crippen LogP contribution in [0.15, 0.2) is 47.4 Å². The smallest absolute Gasteiger partial charge is 0.254 e. The molecule has 0 spiro atoms. The average molecular weight is 522 g/mol. The van der Waals surface area contributed by atoms with Crippen molar-refractivity contribution >= 4 is 22.9 Å². The van der Waals surface area contributed by atoms with Gasteiger partial charge in [0.05, 0.1) is 23.6 Å². The summed E-state index contributed by atoms with van der Waals surface area (Å²) in [4.78, 5) is 26.1. The van der Waals surface area contributed by atoms with Crippen molar-refractivity contribution in [3.63, 3.8) is 0 Å². The lowest BCUT2D eigenvalue weighted by Gasteiger charge is -2.42. The molecule has 1 atom stereocenters. The Balaban J connectivity index is 1.31. The number of amides is 1. The number of nitrogens with one attached hydrogen (secondary N) is 1. The maximum atomic E-state index is 12.7. The predicted octanol–water partition coefficient (Wildman–Crippen LogP) is 5.23. The van der Waals surface area contributed by atoms with Gasteiger partial charge >= 0.3 is 0 Å². The van der Waals surface area contributed by atoms with Crippen LogP contribution < -0.4 is 15.0 Å². The SMILES string of the molecule is CCOc1ccc(N(Cc2ccsc2)C2CCN([C@H](C)CCNC(=O)c3c(C)ncnc3C)CC2)cc1. The Bertz CT molecular complexity index is 1110. The van der Waals surface area contributed by atoms with Crippen LogP contribution in [-0.4, -0.2) is 59.1 Å². The van der Waals surface area contributed by atoms with Crippen LogP contribution >= 0.6 is 11.3 Å². The number of likely N-dealkylation sites (tertiary alicyclic amines) is 1. The normalized spacial score (nSPS) is 15.4. The standard InChI is InChI=1S/C29H39N5O2S/c1-5-36-27-8-6-25(7-9-27)34(18-24-13-17-37-19-24)26-11-15-33(16-12-26)21(2)10-14-30-29(35)28-22(3)31-20-32-23(28)4/h6-9,13,17,19-21,26H,5,10-12,14-16,18H2,1-4H3,(H,30,35)/t21-/m1/s1. The number of benzene rings is 1. The van der Waals surface area contributed by atoms with Crippen molar-refractivity contribution in [1.82, 2.24) is 20.2 Å². The topological polar surface area (TPSA) is 70.6 Å². The molecule has 8 heteroatoms. The van der Waals surface area contributed by atoms with Crippen molar-refractivity contribution < 1.29 is 9.53 Å². The fraction of sp³-hybridized carbons (Fsp3) is 0.483. The number of rotatable bonds is 11. The number of thiophene rings is 1. The largest absolute Gasteiger partial charge is 0.494 e. The molecule has 2 aromatic heterocycles. The second kappa shape index (κ2) is 13.0. The van der Waals surface area contributed by atoms with E-state index in [0.29, 0.717) is 30.8 Å². The molecule has 37 heavy (non-hydrogen) atoms. The monoisotopic (exact) mass is 521 g/mol. The summed E-state index contributed by atoms with van der Waals surface area (Å²) in [6.45, 7) is 12.3. The molecule has 0 bridgehead atoms. The first kappa shape index (κ1) is 27.1. The highest BCUT2D eigenvalue weighted by atomic mass is 32.1. The number of nitrogens with zero attached hydrogens (tertiary/aromatic N) is 4. The molecule has 198 valence electrons. The van der Waals surface area contributed by atoms with Crippen molar-refractivity contribution in [2.75, 3.05) is 31.1 Å². The van der Waals surface area contributed by atoms with E-state index in [0.717, 1.165) is 56.0 Å². The van der Waals surface area contributed by atoms with Crippen LogP contribution in [0, 0.1) is 13.8 Å². The van der Waals surface area contributed by atoms with Crippen LogP contribution in [0.25, 0.3) is 0 Å². The Hall–Kier alpha value is -2.97. The zero-order valence-corrected chi connectivity index (χ0v) is 23.3. The van der Waals surface area contributed by atoms with Crippen LogP contribution in [-0.2, 0) is 6.54 Å². The van der Waals surface area contributed by atoms with E-state index in [4.69, 9.17) is 4.74 Å².